The van der Waals surface area contributed by atoms with Crippen LogP contribution in [0, 0.1) is 11.3 Å². The monoisotopic (exact) mass is 356 g/mol. The van der Waals surface area contributed by atoms with Gasteiger partial charge in [0.15, 0.2) is 5.78 Å². The van der Waals surface area contributed by atoms with Gasteiger partial charge in [-0.3, -0.25) is 9.59 Å². The second-order valence-corrected chi connectivity index (χ2v) is 5.35. The van der Waals surface area contributed by atoms with Gasteiger partial charge in [-0.05, 0) is 18.2 Å². The summed E-state index contributed by atoms with van der Waals surface area (Å²) >= 11 is 3.20. The molecule has 0 aliphatic heterocycles. The Morgan fingerprint density at radius 3 is 2.50 bits per heavy atom. The van der Waals surface area contributed by atoms with E-state index in [0.29, 0.717) is 34.1 Å². The fourth-order valence-electron chi connectivity index (χ4n) is 1.95. The third-order valence-corrected chi connectivity index (χ3v) is 3.42. The molecule has 0 heterocycles. The number of carbonyl (C=O) groups is 2. The lowest BCUT2D eigenvalue weighted by Gasteiger charge is -2.10. The summed E-state index contributed by atoms with van der Waals surface area (Å²) < 4.78 is 0. The molecule has 2 aromatic rings. The molecule has 0 saturated heterocycles. The number of hydrogen-bond acceptors (Lipinski definition) is 3. The molecule has 0 radical (unpaired) electrons. The fraction of sp³-hybridized carbons (Fsp3) is 0.118. The quantitative estimate of drug-likeness (QED) is 0.658. The summed E-state index contributed by atoms with van der Waals surface area (Å²) in [6.45, 7) is 0. The molecule has 5 heteroatoms. The van der Waals surface area contributed by atoms with Gasteiger partial charge in [-0.1, -0.05) is 46.3 Å². The standard InChI is InChI=1S/C17H13BrN2O2/c18-9-8-16(21)20-15-7-6-12(11-19)10-14(15)17(22)13-4-2-1-3-5-13/h1-7,10H,8-9H2,(H,20,21). The molecule has 4 nitrogen and oxygen atoms in total. The highest BCUT2D eigenvalue weighted by molar-refractivity contribution is 9.09. The Labute approximate surface area is 136 Å². The summed E-state index contributed by atoms with van der Waals surface area (Å²) in [5.74, 6) is -0.421. The minimum Gasteiger partial charge on any atom is -0.325 e. The number of nitriles is 1. The van der Waals surface area contributed by atoms with Crippen LogP contribution in [-0.4, -0.2) is 17.0 Å². The van der Waals surface area contributed by atoms with Crippen LogP contribution in [-0.2, 0) is 4.79 Å². The number of nitrogens with one attached hydrogen (secondary N) is 1. The summed E-state index contributed by atoms with van der Waals surface area (Å²) in [6.07, 6.45) is 0.305. The molecule has 0 fully saturated rings. The van der Waals surface area contributed by atoms with E-state index in [0.717, 1.165) is 0 Å². The van der Waals surface area contributed by atoms with Gasteiger partial charge in [-0.25, -0.2) is 0 Å². The van der Waals surface area contributed by atoms with Crippen molar-refractivity contribution in [2.45, 2.75) is 6.42 Å². The first-order valence-corrected chi connectivity index (χ1v) is 7.77. The predicted octanol–water partition coefficient (Wildman–Crippen LogP) is 3.51. The van der Waals surface area contributed by atoms with Crippen LogP contribution in [0.2, 0.25) is 0 Å². The maximum absolute atomic E-state index is 12.6. The molecular formula is C17H13BrN2O2. The Hall–Kier alpha value is -2.45. The Morgan fingerprint density at radius 2 is 1.86 bits per heavy atom. The van der Waals surface area contributed by atoms with Crippen LogP contribution >= 0.6 is 15.9 Å². The minimum atomic E-state index is -0.230. The molecule has 0 spiro atoms. The summed E-state index contributed by atoms with van der Waals surface area (Å²) in [4.78, 5) is 24.4. The second-order valence-electron chi connectivity index (χ2n) is 4.55. The second kappa shape index (κ2) is 7.53. The molecule has 0 bridgehead atoms. The fourth-order valence-corrected chi connectivity index (χ4v) is 2.31. The van der Waals surface area contributed by atoms with Crippen molar-refractivity contribution in [3.8, 4) is 6.07 Å². The van der Waals surface area contributed by atoms with E-state index in [9.17, 15) is 9.59 Å². The van der Waals surface area contributed by atoms with Crippen molar-refractivity contribution in [2.75, 3.05) is 10.6 Å². The molecule has 22 heavy (non-hydrogen) atoms. The number of alkyl halides is 1. The average molecular weight is 357 g/mol. The van der Waals surface area contributed by atoms with E-state index in [2.05, 4.69) is 21.2 Å². The molecule has 2 rings (SSSR count). The number of rotatable bonds is 5. The van der Waals surface area contributed by atoms with Crippen LogP contribution in [0.25, 0.3) is 0 Å². The molecule has 0 unspecified atom stereocenters. The molecule has 110 valence electrons. The van der Waals surface area contributed by atoms with E-state index >= 15 is 0 Å². The lowest BCUT2D eigenvalue weighted by atomic mass is 9.99. The van der Waals surface area contributed by atoms with E-state index in [-0.39, 0.29) is 11.7 Å². The number of benzene rings is 2. The number of amides is 1. The number of hydrogen-bond donors (Lipinski definition) is 1. The Kier molecular flexibility index (Phi) is 5.45. The molecular weight excluding hydrogens is 344 g/mol. The zero-order valence-corrected chi connectivity index (χ0v) is 13.3. The molecule has 0 atom stereocenters. The molecule has 0 aromatic heterocycles. The SMILES string of the molecule is N#Cc1ccc(NC(=O)CCBr)c(C(=O)c2ccccc2)c1. The van der Waals surface area contributed by atoms with Crippen LogP contribution in [0.15, 0.2) is 48.5 Å². The zero-order chi connectivity index (χ0) is 15.9. The van der Waals surface area contributed by atoms with Crippen molar-refractivity contribution in [3.05, 3.63) is 65.2 Å². The van der Waals surface area contributed by atoms with Crippen molar-refractivity contribution in [3.63, 3.8) is 0 Å². The van der Waals surface area contributed by atoms with Gasteiger partial charge in [0.25, 0.3) is 0 Å². The van der Waals surface area contributed by atoms with E-state index in [4.69, 9.17) is 5.26 Å². The third-order valence-electron chi connectivity index (χ3n) is 3.02. The normalized spacial score (nSPS) is 9.82. The zero-order valence-electron chi connectivity index (χ0n) is 11.7. The Bertz CT molecular complexity index is 736. The van der Waals surface area contributed by atoms with Crippen LogP contribution < -0.4 is 5.32 Å². The van der Waals surface area contributed by atoms with Crippen molar-refractivity contribution in [2.24, 2.45) is 0 Å². The minimum absolute atomic E-state index is 0.191. The van der Waals surface area contributed by atoms with Crippen molar-refractivity contribution < 1.29 is 9.59 Å². The molecule has 0 aliphatic rings. The number of carbonyl (C=O) groups excluding carboxylic acids is 2. The summed E-state index contributed by atoms with van der Waals surface area (Å²) in [5, 5.41) is 12.3. The smallest absolute Gasteiger partial charge is 0.225 e. The van der Waals surface area contributed by atoms with Crippen LogP contribution in [0.1, 0.15) is 27.9 Å². The van der Waals surface area contributed by atoms with E-state index in [1.807, 2.05) is 12.1 Å². The highest BCUT2D eigenvalue weighted by Crippen LogP contribution is 2.21. The number of halogens is 1. The van der Waals surface area contributed by atoms with Gasteiger partial charge in [0, 0.05) is 22.9 Å². The van der Waals surface area contributed by atoms with Gasteiger partial charge in [-0.2, -0.15) is 5.26 Å². The van der Waals surface area contributed by atoms with Crippen LogP contribution in [0.3, 0.4) is 0 Å². The number of anilines is 1. The molecule has 0 aliphatic carbocycles. The third kappa shape index (κ3) is 3.80. The lowest BCUT2D eigenvalue weighted by molar-refractivity contribution is -0.115. The lowest BCUT2D eigenvalue weighted by Crippen LogP contribution is -2.15. The molecule has 1 N–H and O–H groups in total. The maximum Gasteiger partial charge on any atom is 0.225 e. The molecule has 1 amide bonds. The largest absolute Gasteiger partial charge is 0.325 e. The maximum atomic E-state index is 12.6. The van der Waals surface area contributed by atoms with Crippen molar-refractivity contribution in [1.29, 1.82) is 5.26 Å². The van der Waals surface area contributed by atoms with Crippen LogP contribution in [0.5, 0.6) is 0 Å². The molecule has 2 aromatic carbocycles. The average Bonchev–Trinajstić information content (AvgIpc) is 2.55. The van der Waals surface area contributed by atoms with Gasteiger partial charge in [0.05, 0.1) is 17.3 Å². The predicted molar refractivity (Wildman–Crippen MR) is 88.1 cm³/mol. The van der Waals surface area contributed by atoms with E-state index in [1.165, 1.54) is 6.07 Å². The van der Waals surface area contributed by atoms with Crippen LogP contribution in [0.4, 0.5) is 5.69 Å². The number of ketones is 1. The van der Waals surface area contributed by atoms with E-state index in [1.54, 1.807) is 36.4 Å². The van der Waals surface area contributed by atoms with Gasteiger partial charge in [-0.15, -0.1) is 0 Å². The Morgan fingerprint density at radius 1 is 1.14 bits per heavy atom. The topological polar surface area (TPSA) is 70.0 Å². The van der Waals surface area contributed by atoms with Gasteiger partial charge < -0.3 is 5.32 Å². The first-order valence-electron chi connectivity index (χ1n) is 6.65. The van der Waals surface area contributed by atoms with E-state index < -0.39 is 0 Å². The van der Waals surface area contributed by atoms with Gasteiger partial charge in [0.1, 0.15) is 0 Å². The van der Waals surface area contributed by atoms with Crippen molar-refractivity contribution >= 4 is 33.3 Å². The number of nitrogens with zero attached hydrogens (tertiary/aromatic N) is 1. The molecule has 0 saturated carbocycles. The summed E-state index contributed by atoms with van der Waals surface area (Å²) in [7, 11) is 0. The van der Waals surface area contributed by atoms with Gasteiger partial charge in [0.2, 0.25) is 5.91 Å². The first-order chi connectivity index (χ1) is 10.7. The Balaban J connectivity index is 2.41. The highest BCUT2D eigenvalue weighted by Gasteiger charge is 2.16. The summed E-state index contributed by atoms with van der Waals surface area (Å²) in [6, 6.07) is 15.4. The first kappa shape index (κ1) is 15.9. The summed E-state index contributed by atoms with van der Waals surface area (Å²) in [5.41, 5.74) is 1.61. The van der Waals surface area contributed by atoms with Gasteiger partial charge >= 0.3 is 0 Å². The highest BCUT2D eigenvalue weighted by atomic mass is 79.9. The van der Waals surface area contributed by atoms with Crippen molar-refractivity contribution in [1.82, 2.24) is 0 Å².